The van der Waals surface area contributed by atoms with Gasteiger partial charge in [-0.15, -0.1) is 0 Å². The maximum absolute atomic E-state index is 11.5. The standard InChI is InChI=1S/C11H22N2O2/c1-5-8(4)10(11(12)15)13-9(14)6-7(2)3/h7-8,10H,5-6H2,1-4H3,(H2,12,15)(H,13,14)/t8-,10-/m0/s1. The highest BCUT2D eigenvalue weighted by molar-refractivity contribution is 5.86. The van der Waals surface area contributed by atoms with E-state index in [-0.39, 0.29) is 17.7 Å². The van der Waals surface area contributed by atoms with Gasteiger partial charge in [-0.1, -0.05) is 34.1 Å². The maximum Gasteiger partial charge on any atom is 0.240 e. The molecular weight excluding hydrogens is 192 g/mol. The van der Waals surface area contributed by atoms with Gasteiger partial charge < -0.3 is 11.1 Å². The minimum absolute atomic E-state index is 0.0820. The van der Waals surface area contributed by atoms with E-state index in [1.54, 1.807) is 0 Å². The molecule has 0 heterocycles. The Kier molecular flexibility index (Phi) is 5.97. The molecule has 0 aliphatic rings. The molecule has 88 valence electrons. The molecule has 0 saturated carbocycles. The van der Waals surface area contributed by atoms with Crippen molar-refractivity contribution in [3.63, 3.8) is 0 Å². The van der Waals surface area contributed by atoms with E-state index in [4.69, 9.17) is 5.73 Å². The van der Waals surface area contributed by atoms with E-state index in [0.717, 1.165) is 6.42 Å². The van der Waals surface area contributed by atoms with Crippen LogP contribution in [0.2, 0.25) is 0 Å². The van der Waals surface area contributed by atoms with Crippen LogP contribution in [0.15, 0.2) is 0 Å². The van der Waals surface area contributed by atoms with Crippen molar-refractivity contribution in [2.75, 3.05) is 0 Å². The van der Waals surface area contributed by atoms with Gasteiger partial charge in [-0.25, -0.2) is 0 Å². The molecular formula is C11H22N2O2. The van der Waals surface area contributed by atoms with E-state index in [2.05, 4.69) is 5.32 Å². The molecule has 0 aliphatic carbocycles. The Morgan fingerprint density at radius 1 is 1.27 bits per heavy atom. The largest absolute Gasteiger partial charge is 0.368 e. The Balaban J connectivity index is 4.29. The zero-order valence-corrected chi connectivity index (χ0v) is 10.0. The Hall–Kier alpha value is -1.06. The quantitative estimate of drug-likeness (QED) is 0.693. The molecule has 0 spiro atoms. The van der Waals surface area contributed by atoms with Crippen LogP contribution >= 0.6 is 0 Å². The lowest BCUT2D eigenvalue weighted by Gasteiger charge is -2.21. The van der Waals surface area contributed by atoms with E-state index in [1.165, 1.54) is 0 Å². The first-order valence-electron chi connectivity index (χ1n) is 5.47. The number of hydrogen-bond donors (Lipinski definition) is 2. The fourth-order valence-electron chi connectivity index (χ4n) is 1.33. The predicted molar refractivity (Wildman–Crippen MR) is 60.0 cm³/mol. The van der Waals surface area contributed by atoms with Crippen molar-refractivity contribution in [3.8, 4) is 0 Å². The maximum atomic E-state index is 11.5. The number of rotatable bonds is 6. The van der Waals surface area contributed by atoms with Gasteiger partial charge in [0, 0.05) is 6.42 Å². The Bertz CT molecular complexity index is 227. The third-order valence-corrected chi connectivity index (χ3v) is 2.43. The highest BCUT2D eigenvalue weighted by atomic mass is 16.2. The van der Waals surface area contributed by atoms with Gasteiger partial charge in [-0.05, 0) is 11.8 Å². The number of hydrogen-bond acceptors (Lipinski definition) is 2. The number of carbonyl (C=O) groups is 2. The number of primary amides is 1. The SMILES string of the molecule is CC[C@H](C)[C@H](NC(=O)CC(C)C)C(N)=O. The second kappa shape index (κ2) is 6.43. The Morgan fingerprint density at radius 3 is 2.13 bits per heavy atom. The van der Waals surface area contributed by atoms with Crippen LogP contribution < -0.4 is 11.1 Å². The fraction of sp³-hybridized carbons (Fsp3) is 0.818. The van der Waals surface area contributed by atoms with Crippen molar-refractivity contribution in [1.82, 2.24) is 5.32 Å². The Labute approximate surface area is 91.6 Å². The molecule has 0 fully saturated rings. The van der Waals surface area contributed by atoms with Gasteiger partial charge in [-0.3, -0.25) is 9.59 Å². The Morgan fingerprint density at radius 2 is 1.80 bits per heavy atom. The number of amides is 2. The van der Waals surface area contributed by atoms with Crippen LogP contribution in [-0.2, 0) is 9.59 Å². The zero-order chi connectivity index (χ0) is 12.0. The average molecular weight is 214 g/mol. The fourth-order valence-corrected chi connectivity index (χ4v) is 1.33. The molecule has 4 heteroatoms. The second-order valence-electron chi connectivity index (χ2n) is 4.43. The van der Waals surface area contributed by atoms with Crippen LogP contribution in [0.25, 0.3) is 0 Å². The van der Waals surface area contributed by atoms with E-state index in [1.807, 2.05) is 27.7 Å². The third kappa shape index (κ3) is 5.40. The smallest absolute Gasteiger partial charge is 0.240 e. The van der Waals surface area contributed by atoms with Gasteiger partial charge in [0.05, 0.1) is 0 Å². The minimum Gasteiger partial charge on any atom is -0.368 e. The van der Waals surface area contributed by atoms with Crippen LogP contribution in [-0.4, -0.2) is 17.9 Å². The highest BCUT2D eigenvalue weighted by Crippen LogP contribution is 2.08. The summed E-state index contributed by atoms with van der Waals surface area (Å²) in [5, 5.41) is 2.68. The normalized spacial score (nSPS) is 14.7. The molecule has 0 aromatic heterocycles. The summed E-state index contributed by atoms with van der Waals surface area (Å²) in [4.78, 5) is 22.6. The number of nitrogens with two attached hydrogens (primary N) is 1. The minimum atomic E-state index is -0.541. The van der Waals surface area contributed by atoms with E-state index >= 15 is 0 Å². The molecule has 0 aliphatic heterocycles. The summed E-state index contributed by atoms with van der Waals surface area (Å²) in [5.74, 6) is -0.190. The van der Waals surface area contributed by atoms with Crippen LogP contribution in [0, 0.1) is 11.8 Å². The molecule has 2 amide bonds. The molecule has 0 aromatic rings. The van der Waals surface area contributed by atoms with Crippen molar-refractivity contribution in [1.29, 1.82) is 0 Å². The van der Waals surface area contributed by atoms with Crippen LogP contribution in [0.4, 0.5) is 0 Å². The highest BCUT2D eigenvalue weighted by Gasteiger charge is 2.23. The molecule has 0 aromatic carbocycles. The van der Waals surface area contributed by atoms with Crippen molar-refractivity contribution in [2.45, 2.75) is 46.6 Å². The lowest BCUT2D eigenvalue weighted by Crippen LogP contribution is -2.48. The summed E-state index contributed by atoms with van der Waals surface area (Å²) in [7, 11) is 0. The second-order valence-corrected chi connectivity index (χ2v) is 4.43. The van der Waals surface area contributed by atoms with Crippen LogP contribution in [0.3, 0.4) is 0 Å². The summed E-state index contributed by atoms with van der Waals surface area (Å²) in [6.45, 7) is 7.80. The van der Waals surface area contributed by atoms with Gasteiger partial charge in [0.15, 0.2) is 0 Å². The van der Waals surface area contributed by atoms with Crippen LogP contribution in [0.5, 0.6) is 0 Å². The molecule has 2 atom stereocenters. The molecule has 0 unspecified atom stereocenters. The first kappa shape index (κ1) is 13.9. The van der Waals surface area contributed by atoms with Gasteiger partial charge in [-0.2, -0.15) is 0 Å². The molecule has 3 N–H and O–H groups in total. The predicted octanol–water partition coefficient (Wildman–Crippen LogP) is 1.05. The third-order valence-electron chi connectivity index (χ3n) is 2.43. The molecule has 0 radical (unpaired) electrons. The summed E-state index contributed by atoms with van der Waals surface area (Å²) >= 11 is 0. The van der Waals surface area contributed by atoms with Crippen molar-refractivity contribution in [2.24, 2.45) is 17.6 Å². The monoisotopic (exact) mass is 214 g/mol. The first-order valence-corrected chi connectivity index (χ1v) is 5.47. The number of nitrogens with one attached hydrogen (secondary N) is 1. The summed E-state index contributed by atoms with van der Waals surface area (Å²) in [6.07, 6.45) is 1.25. The van der Waals surface area contributed by atoms with E-state index < -0.39 is 11.9 Å². The van der Waals surface area contributed by atoms with Gasteiger partial charge in [0.1, 0.15) is 6.04 Å². The molecule has 0 rings (SSSR count). The first-order chi connectivity index (χ1) is 6.88. The van der Waals surface area contributed by atoms with Crippen molar-refractivity contribution in [3.05, 3.63) is 0 Å². The summed E-state index contributed by atoms with van der Waals surface area (Å²) in [6, 6.07) is -0.541. The van der Waals surface area contributed by atoms with Crippen molar-refractivity contribution >= 4 is 11.8 Å². The topological polar surface area (TPSA) is 72.2 Å². The van der Waals surface area contributed by atoms with Gasteiger partial charge >= 0.3 is 0 Å². The molecule has 4 nitrogen and oxygen atoms in total. The lowest BCUT2D eigenvalue weighted by molar-refractivity contribution is -0.128. The molecule has 0 saturated heterocycles. The average Bonchev–Trinajstić information content (AvgIpc) is 2.11. The van der Waals surface area contributed by atoms with Gasteiger partial charge in [0.25, 0.3) is 0 Å². The van der Waals surface area contributed by atoms with Crippen molar-refractivity contribution < 1.29 is 9.59 Å². The van der Waals surface area contributed by atoms with Crippen LogP contribution in [0.1, 0.15) is 40.5 Å². The summed E-state index contributed by atoms with van der Waals surface area (Å²) in [5.41, 5.74) is 5.24. The van der Waals surface area contributed by atoms with Gasteiger partial charge in [0.2, 0.25) is 11.8 Å². The molecule has 15 heavy (non-hydrogen) atoms. The number of carbonyl (C=O) groups excluding carboxylic acids is 2. The summed E-state index contributed by atoms with van der Waals surface area (Å²) < 4.78 is 0. The lowest BCUT2D eigenvalue weighted by atomic mass is 9.98. The molecule has 0 bridgehead atoms. The van der Waals surface area contributed by atoms with E-state index in [0.29, 0.717) is 6.42 Å². The zero-order valence-electron chi connectivity index (χ0n) is 10.0. The van der Waals surface area contributed by atoms with E-state index in [9.17, 15) is 9.59 Å².